The fourth-order valence-corrected chi connectivity index (χ4v) is 3.02. The molecule has 88 valence electrons. The first kappa shape index (κ1) is 12.8. The van der Waals surface area contributed by atoms with Gasteiger partial charge >= 0.3 is 0 Å². The van der Waals surface area contributed by atoms with E-state index >= 15 is 0 Å². The van der Waals surface area contributed by atoms with Gasteiger partial charge < -0.3 is 4.74 Å². The molecule has 0 bridgehead atoms. The van der Waals surface area contributed by atoms with E-state index in [-0.39, 0.29) is 5.78 Å². The molecule has 1 aromatic carbocycles. The third kappa shape index (κ3) is 2.61. The van der Waals surface area contributed by atoms with Gasteiger partial charge in [-0.25, -0.2) is 0 Å². The van der Waals surface area contributed by atoms with E-state index in [2.05, 4.69) is 31.9 Å². The largest absolute Gasteiger partial charge is 0.495 e. The maximum absolute atomic E-state index is 12.3. The SMILES string of the molecule is COc1ccsc1C(=O)c1cc(Br)ccc1Br. The van der Waals surface area contributed by atoms with Gasteiger partial charge in [-0.2, -0.15) is 0 Å². The summed E-state index contributed by atoms with van der Waals surface area (Å²) in [5, 5.41) is 1.85. The normalized spacial score (nSPS) is 10.3. The van der Waals surface area contributed by atoms with Gasteiger partial charge in [0.2, 0.25) is 5.78 Å². The Morgan fingerprint density at radius 1 is 1.29 bits per heavy atom. The molecule has 2 rings (SSSR count). The van der Waals surface area contributed by atoms with Crippen LogP contribution in [0.4, 0.5) is 0 Å². The van der Waals surface area contributed by atoms with Gasteiger partial charge in [0, 0.05) is 14.5 Å². The minimum Gasteiger partial charge on any atom is -0.495 e. The standard InChI is InChI=1S/C12H8Br2O2S/c1-16-10-4-5-17-12(10)11(15)8-6-7(13)2-3-9(8)14/h2-6H,1H3. The second-order valence-corrected chi connectivity index (χ2v) is 5.96. The molecule has 0 spiro atoms. The number of thiophene rings is 1. The van der Waals surface area contributed by atoms with Crippen LogP contribution in [0.15, 0.2) is 38.6 Å². The first-order valence-electron chi connectivity index (χ1n) is 4.74. The highest BCUT2D eigenvalue weighted by atomic mass is 79.9. The van der Waals surface area contributed by atoms with Gasteiger partial charge in [0.1, 0.15) is 10.6 Å². The van der Waals surface area contributed by atoms with Crippen molar-refractivity contribution in [1.29, 1.82) is 0 Å². The molecular formula is C12H8Br2O2S. The number of ether oxygens (including phenoxy) is 1. The Morgan fingerprint density at radius 2 is 2.06 bits per heavy atom. The monoisotopic (exact) mass is 374 g/mol. The van der Waals surface area contributed by atoms with Gasteiger partial charge in [0.05, 0.1) is 7.11 Å². The smallest absolute Gasteiger partial charge is 0.207 e. The first-order valence-corrected chi connectivity index (χ1v) is 7.21. The van der Waals surface area contributed by atoms with E-state index in [4.69, 9.17) is 4.74 Å². The van der Waals surface area contributed by atoms with Crippen LogP contribution in [0.3, 0.4) is 0 Å². The van der Waals surface area contributed by atoms with Crippen LogP contribution in [0.5, 0.6) is 5.75 Å². The van der Waals surface area contributed by atoms with Gasteiger partial charge in [-0.15, -0.1) is 11.3 Å². The van der Waals surface area contributed by atoms with E-state index in [1.54, 1.807) is 19.2 Å². The number of benzene rings is 1. The molecular weight excluding hydrogens is 368 g/mol. The van der Waals surface area contributed by atoms with E-state index in [1.165, 1.54) is 11.3 Å². The van der Waals surface area contributed by atoms with Crippen molar-refractivity contribution in [2.24, 2.45) is 0 Å². The molecule has 0 fully saturated rings. The molecule has 0 aliphatic heterocycles. The first-order chi connectivity index (χ1) is 8.13. The van der Waals surface area contributed by atoms with E-state index in [1.807, 2.05) is 17.5 Å². The minimum atomic E-state index is -0.0370. The number of carbonyl (C=O) groups is 1. The average Bonchev–Trinajstić information content (AvgIpc) is 2.79. The molecule has 0 saturated carbocycles. The average molecular weight is 376 g/mol. The van der Waals surface area contributed by atoms with Crippen LogP contribution >= 0.6 is 43.2 Å². The van der Waals surface area contributed by atoms with Crippen molar-refractivity contribution >= 4 is 49.0 Å². The lowest BCUT2D eigenvalue weighted by Gasteiger charge is -2.05. The topological polar surface area (TPSA) is 26.3 Å². The minimum absolute atomic E-state index is 0.0370. The number of methoxy groups -OCH3 is 1. The van der Waals surface area contributed by atoms with Crippen molar-refractivity contribution in [3.63, 3.8) is 0 Å². The molecule has 0 N–H and O–H groups in total. The van der Waals surface area contributed by atoms with Crippen molar-refractivity contribution in [3.8, 4) is 5.75 Å². The van der Waals surface area contributed by atoms with Crippen LogP contribution < -0.4 is 4.74 Å². The van der Waals surface area contributed by atoms with E-state index in [0.29, 0.717) is 16.2 Å². The van der Waals surface area contributed by atoms with Gasteiger partial charge in [0.25, 0.3) is 0 Å². The maximum atomic E-state index is 12.3. The molecule has 17 heavy (non-hydrogen) atoms. The molecule has 1 heterocycles. The summed E-state index contributed by atoms with van der Waals surface area (Å²) in [5.41, 5.74) is 0.625. The fourth-order valence-electron chi connectivity index (χ4n) is 1.42. The van der Waals surface area contributed by atoms with Crippen LogP contribution in [0.2, 0.25) is 0 Å². The Balaban J connectivity index is 2.47. The Bertz CT molecular complexity index is 563. The molecule has 1 aromatic heterocycles. The van der Waals surface area contributed by atoms with Crippen molar-refractivity contribution < 1.29 is 9.53 Å². The number of carbonyl (C=O) groups excluding carboxylic acids is 1. The van der Waals surface area contributed by atoms with Gasteiger partial charge in [0.15, 0.2) is 0 Å². The van der Waals surface area contributed by atoms with Crippen LogP contribution in [0, 0.1) is 0 Å². The molecule has 2 nitrogen and oxygen atoms in total. The molecule has 0 radical (unpaired) electrons. The summed E-state index contributed by atoms with van der Waals surface area (Å²) in [6.45, 7) is 0. The van der Waals surface area contributed by atoms with Gasteiger partial charge in [-0.1, -0.05) is 31.9 Å². The summed E-state index contributed by atoms with van der Waals surface area (Å²) in [6.07, 6.45) is 0. The summed E-state index contributed by atoms with van der Waals surface area (Å²) >= 11 is 8.13. The van der Waals surface area contributed by atoms with Crippen molar-refractivity contribution in [2.75, 3.05) is 7.11 Å². The highest BCUT2D eigenvalue weighted by Crippen LogP contribution is 2.30. The lowest BCUT2D eigenvalue weighted by molar-refractivity contribution is 0.103. The summed E-state index contributed by atoms with van der Waals surface area (Å²) < 4.78 is 6.81. The summed E-state index contributed by atoms with van der Waals surface area (Å²) in [6, 6.07) is 7.32. The van der Waals surface area contributed by atoms with Crippen molar-refractivity contribution in [2.45, 2.75) is 0 Å². The molecule has 0 aliphatic carbocycles. The molecule has 0 unspecified atom stereocenters. The molecule has 0 atom stereocenters. The third-order valence-corrected chi connectivity index (χ3v) is 4.31. The van der Waals surface area contributed by atoms with Gasteiger partial charge in [-0.3, -0.25) is 4.79 Å². The zero-order valence-corrected chi connectivity index (χ0v) is 12.9. The zero-order chi connectivity index (χ0) is 12.4. The number of ketones is 1. The van der Waals surface area contributed by atoms with Crippen molar-refractivity contribution in [1.82, 2.24) is 0 Å². The van der Waals surface area contributed by atoms with E-state index in [9.17, 15) is 4.79 Å². The van der Waals surface area contributed by atoms with E-state index in [0.717, 1.165) is 8.95 Å². The zero-order valence-electron chi connectivity index (χ0n) is 8.87. The summed E-state index contributed by atoms with van der Waals surface area (Å²) in [5.74, 6) is 0.580. The quantitative estimate of drug-likeness (QED) is 0.737. The Morgan fingerprint density at radius 3 is 2.76 bits per heavy atom. The summed E-state index contributed by atoms with van der Waals surface area (Å²) in [7, 11) is 1.56. The Kier molecular flexibility index (Phi) is 4.01. The Hall–Kier alpha value is -0.650. The predicted octanol–water partition coefficient (Wildman–Crippen LogP) is 4.51. The van der Waals surface area contributed by atoms with Gasteiger partial charge in [-0.05, 0) is 29.6 Å². The van der Waals surface area contributed by atoms with Crippen LogP contribution in [0.1, 0.15) is 15.2 Å². The molecule has 2 aromatic rings. The van der Waals surface area contributed by atoms with E-state index < -0.39 is 0 Å². The van der Waals surface area contributed by atoms with Crippen LogP contribution in [0.25, 0.3) is 0 Å². The second-order valence-electron chi connectivity index (χ2n) is 3.27. The number of rotatable bonds is 3. The highest BCUT2D eigenvalue weighted by Gasteiger charge is 2.18. The van der Waals surface area contributed by atoms with Crippen LogP contribution in [-0.2, 0) is 0 Å². The van der Waals surface area contributed by atoms with Crippen molar-refractivity contribution in [3.05, 3.63) is 49.0 Å². The Labute approximate surface area is 120 Å². The second kappa shape index (κ2) is 5.33. The lowest BCUT2D eigenvalue weighted by Crippen LogP contribution is -2.01. The highest BCUT2D eigenvalue weighted by molar-refractivity contribution is 9.11. The molecule has 0 saturated heterocycles. The molecule has 0 aliphatic rings. The molecule has 5 heteroatoms. The molecule has 0 amide bonds. The number of halogens is 2. The number of hydrogen-bond donors (Lipinski definition) is 0. The fraction of sp³-hybridized carbons (Fsp3) is 0.0833. The van der Waals surface area contributed by atoms with Crippen LogP contribution in [-0.4, -0.2) is 12.9 Å². The number of hydrogen-bond acceptors (Lipinski definition) is 3. The third-order valence-electron chi connectivity index (χ3n) is 2.23. The predicted molar refractivity (Wildman–Crippen MR) is 76.1 cm³/mol. The maximum Gasteiger partial charge on any atom is 0.207 e. The summed E-state index contributed by atoms with van der Waals surface area (Å²) in [4.78, 5) is 13.0. The lowest BCUT2D eigenvalue weighted by atomic mass is 10.1.